The molecule has 1 aromatic heterocycles. The fraction of sp³-hybridized carbons (Fsp3) is 0. The molecule has 1 nitrogen and oxygen atoms in total. The molecule has 0 saturated heterocycles. The molecule has 0 fully saturated rings. The van der Waals surface area contributed by atoms with Crippen molar-refractivity contribution in [3.05, 3.63) is 101 Å². The van der Waals surface area contributed by atoms with Crippen molar-refractivity contribution in [3.63, 3.8) is 0 Å². The van der Waals surface area contributed by atoms with Gasteiger partial charge in [0.1, 0.15) is 5.82 Å². The summed E-state index contributed by atoms with van der Waals surface area (Å²) < 4.78 is 29.7. The lowest BCUT2D eigenvalue weighted by atomic mass is 9.97. The predicted molar refractivity (Wildman–Crippen MR) is 99.5 cm³/mol. The van der Waals surface area contributed by atoms with Crippen LogP contribution in [0, 0.1) is 5.82 Å². The number of halogens is 2. The number of rotatable bonds is 3. The molecule has 0 N–H and O–H groups in total. The first kappa shape index (κ1) is 15.7. The van der Waals surface area contributed by atoms with Crippen molar-refractivity contribution < 1.29 is 8.78 Å². The van der Waals surface area contributed by atoms with E-state index >= 15 is 4.39 Å². The first-order chi connectivity index (χ1) is 12.2. The Morgan fingerprint density at radius 3 is 2.12 bits per heavy atom. The molecule has 4 heteroatoms. The van der Waals surface area contributed by atoms with Gasteiger partial charge in [0.25, 0.3) is 0 Å². The van der Waals surface area contributed by atoms with Crippen LogP contribution in [0.3, 0.4) is 0 Å². The third-order valence-corrected chi connectivity index (χ3v) is 4.93. The van der Waals surface area contributed by atoms with Gasteiger partial charge in [-0.2, -0.15) is 0 Å². The number of benzene rings is 3. The molecule has 122 valence electrons. The molecule has 4 aromatic rings. The average molecular weight is 349 g/mol. The van der Waals surface area contributed by atoms with Gasteiger partial charge in [0, 0.05) is 5.57 Å². The normalized spacial score (nSPS) is 12.2. The number of hydrogen-bond donors (Lipinski definition) is 0. The number of para-hydroxylation sites is 1. The number of thiazole rings is 1. The van der Waals surface area contributed by atoms with Crippen LogP contribution in [0.15, 0.2) is 78.9 Å². The van der Waals surface area contributed by atoms with Gasteiger partial charge < -0.3 is 0 Å². The molecule has 25 heavy (non-hydrogen) atoms. The second-order valence-electron chi connectivity index (χ2n) is 5.55. The van der Waals surface area contributed by atoms with Crippen molar-refractivity contribution in [1.82, 2.24) is 4.98 Å². The van der Waals surface area contributed by atoms with Crippen molar-refractivity contribution in [3.8, 4) is 0 Å². The first-order valence-electron chi connectivity index (χ1n) is 7.79. The molecular weight excluding hydrogens is 336 g/mol. The monoisotopic (exact) mass is 349 g/mol. The minimum absolute atomic E-state index is 0.323. The highest BCUT2D eigenvalue weighted by atomic mass is 32.1. The molecule has 0 aliphatic heterocycles. The van der Waals surface area contributed by atoms with Crippen LogP contribution in [0.2, 0.25) is 0 Å². The Hall–Kier alpha value is -2.85. The van der Waals surface area contributed by atoms with Gasteiger partial charge in [-0.05, 0) is 35.4 Å². The number of fused-ring (bicyclic) bond motifs is 1. The molecule has 0 amide bonds. The van der Waals surface area contributed by atoms with E-state index in [1.165, 1.54) is 23.5 Å². The second-order valence-corrected chi connectivity index (χ2v) is 6.58. The Bertz CT molecular complexity index is 1020. The lowest BCUT2D eigenvalue weighted by molar-refractivity contribution is 0.627. The van der Waals surface area contributed by atoms with Crippen LogP contribution in [-0.2, 0) is 0 Å². The molecule has 0 atom stereocenters. The third-order valence-electron chi connectivity index (χ3n) is 3.90. The molecule has 0 bridgehead atoms. The van der Waals surface area contributed by atoms with E-state index in [-0.39, 0.29) is 5.82 Å². The van der Waals surface area contributed by atoms with Gasteiger partial charge in [-0.1, -0.05) is 54.6 Å². The van der Waals surface area contributed by atoms with E-state index in [0.29, 0.717) is 16.1 Å². The van der Waals surface area contributed by atoms with Crippen LogP contribution in [0.1, 0.15) is 16.1 Å². The largest absolute Gasteiger partial charge is 0.234 e. The van der Waals surface area contributed by atoms with E-state index < -0.39 is 5.83 Å². The third kappa shape index (κ3) is 3.08. The van der Waals surface area contributed by atoms with Gasteiger partial charge in [0.05, 0.1) is 10.2 Å². The van der Waals surface area contributed by atoms with Gasteiger partial charge in [0.2, 0.25) is 0 Å². The van der Waals surface area contributed by atoms with E-state index in [4.69, 9.17) is 0 Å². The Morgan fingerprint density at radius 2 is 1.40 bits per heavy atom. The SMILES string of the molecule is F/C(=C(/c1ccccc1)c1ccc(F)cc1)c1nc2ccccc2s1. The van der Waals surface area contributed by atoms with E-state index in [9.17, 15) is 4.39 Å². The quantitative estimate of drug-likeness (QED) is 0.422. The van der Waals surface area contributed by atoms with E-state index in [0.717, 1.165) is 15.8 Å². The minimum Gasteiger partial charge on any atom is -0.234 e. The van der Waals surface area contributed by atoms with Crippen LogP contribution in [-0.4, -0.2) is 4.98 Å². The van der Waals surface area contributed by atoms with Crippen molar-refractivity contribution in [2.75, 3.05) is 0 Å². The molecule has 0 saturated carbocycles. The smallest absolute Gasteiger partial charge is 0.167 e. The molecule has 0 unspecified atom stereocenters. The zero-order chi connectivity index (χ0) is 17.2. The summed E-state index contributed by atoms with van der Waals surface area (Å²) in [6, 6.07) is 22.7. The van der Waals surface area contributed by atoms with Gasteiger partial charge in [-0.3, -0.25) is 0 Å². The Balaban J connectivity index is 1.94. The van der Waals surface area contributed by atoms with Gasteiger partial charge in [0.15, 0.2) is 10.8 Å². The molecule has 0 radical (unpaired) electrons. The zero-order valence-corrected chi connectivity index (χ0v) is 13.9. The molecule has 1 heterocycles. The number of hydrogen-bond acceptors (Lipinski definition) is 2. The van der Waals surface area contributed by atoms with Crippen LogP contribution in [0.4, 0.5) is 8.78 Å². The topological polar surface area (TPSA) is 12.9 Å². The molecular formula is C21H13F2NS. The summed E-state index contributed by atoms with van der Waals surface area (Å²) in [7, 11) is 0. The van der Waals surface area contributed by atoms with E-state index in [1.807, 2.05) is 54.6 Å². The van der Waals surface area contributed by atoms with Crippen LogP contribution >= 0.6 is 11.3 Å². The highest BCUT2D eigenvalue weighted by molar-refractivity contribution is 7.19. The summed E-state index contributed by atoms with van der Waals surface area (Å²) in [5.74, 6) is -0.754. The lowest BCUT2D eigenvalue weighted by Gasteiger charge is -2.09. The van der Waals surface area contributed by atoms with Crippen molar-refractivity contribution in [1.29, 1.82) is 0 Å². The van der Waals surface area contributed by atoms with Gasteiger partial charge in [-0.25, -0.2) is 13.8 Å². The van der Waals surface area contributed by atoms with Crippen molar-refractivity contribution in [2.24, 2.45) is 0 Å². The molecule has 0 aliphatic rings. The maximum absolute atomic E-state index is 15.4. The molecule has 0 aliphatic carbocycles. The molecule has 3 aromatic carbocycles. The van der Waals surface area contributed by atoms with E-state index in [2.05, 4.69) is 4.98 Å². The zero-order valence-electron chi connectivity index (χ0n) is 13.1. The summed E-state index contributed by atoms with van der Waals surface area (Å²) in [5, 5.41) is 0.323. The van der Waals surface area contributed by atoms with Gasteiger partial charge >= 0.3 is 0 Å². The lowest BCUT2D eigenvalue weighted by Crippen LogP contribution is -1.92. The minimum atomic E-state index is -0.404. The summed E-state index contributed by atoms with van der Waals surface area (Å²) in [4.78, 5) is 4.41. The summed E-state index contributed by atoms with van der Waals surface area (Å²) >= 11 is 1.31. The maximum atomic E-state index is 15.4. The Morgan fingerprint density at radius 1 is 0.760 bits per heavy atom. The molecule has 4 rings (SSSR count). The van der Waals surface area contributed by atoms with Crippen molar-refractivity contribution in [2.45, 2.75) is 0 Å². The first-order valence-corrected chi connectivity index (χ1v) is 8.61. The number of nitrogens with zero attached hydrogens (tertiary/aromatic N) is 1. The average Bonchev–Trinajstić information content (AvgIpc) is 3.09. The van der Waals surface area contributed by atoms with E-state index in [1.54, 1.807) is 12.1 Å². The Labute approximate surface area is 147 Å². The van der Waals surface area contributed by atoms with Gasteiger partial charge in [-0.15, -0.1) is 11.3 Å². The summed E-state index contributed by atoms with van der Waals surface area (Å²) in [6.07, 6.45) is 0. The fourth-order valence-electron chi connectivity index (χ4n) is 2.71. The second kappa shape index (κ2) is 6.57. The van der Waals surface area contributed by atoms with Crippen LogP contribution in [0.25, 0.3) is 21.6 Å². The van der Waals surface area contributed by atoms with Crippen LogP contribution in [0.5, 0.6) is 0 Å². The van der Waals surface area contributed by atoms with Crippen LogP contribution < -0.4 is 0 Å². The highest BCUT2D eigenvalue weighted by Gasteiger charge is 2.17. The predicted octanol–water partition coefficient (Wildman–Crippen LogP) is 6.32. The Kier molecular flexibility index (Phi) is 4.12. The molecule has 0 spiro atoms. The fourth-order valence-corrected chi connectivity index (χ4v) is 3.62. The maximum Gasteiger partial charge on any atom is 0.167 e. The summed E-state index contributed by atoms with van der Waals surface area (Å²) in [6.45, 7) is 0. The standard InChI is InChI=1S/C21H13F2NS/c22-16-12-10-15(11-13-16)19(14-6-2-1-3-7-14)20(23)21-24-17-8-4-5-9-18(17)25-21/h1-13H/b20-19-. The summed E-state index contributed by atoms with van der Waals surface area (Å²) in [5.41, 5.74) is 2.53. The number of aromatic nitrogens is 1. The highest BCUT2D eigenvalue weighted by Crippen LogP contribution is 2.36. The van der Waals surface area contributed by atoms with Crippen molar-refractivity contribution >= 4 is 33.0 Å².